The molecule has 0 bridgehead atoms. The van der Waals surface area contributed by atoms with Gasteiger partial charge in [-0.3, -0.25) is 14.4 Å². The summed E-state index contributed by atoms with van der Waals surface area (Å²) >= 11 is 1.35. The van der Waals surface area contributed by atoms with Crippen LogP contribution in [-0.2, 0) is 9.59 Å². The average molecular weight is 294 g/mol. The molecule has 108 valence electrons. The molecule has 5 nitrogen and oxygen atoms in total. The van der Waals surface area contributed by atoms with Crippen LogP contribution >= 0.6 is 11.3 Å². The smallest absolute Gasteiger partial charge is 0.261 e. The van der Waals surface area contributed by atoms with Gasteiger partial charge in [-0.2, -0.15) is 0 Å². The molecule has 0 aromatic carbocycles. The summed E-state index contributed by atoms with van der Waals surface area (Å²) in [6, 6.07) is 2.61. The number of thiophene rings is 1. The lowest BCUT2D eigenvalue weighted by molar-refractivity contribution is -0.128. The molecule has 2 rings (SSSR count). The van der Waals surface area contributed by atoms with Crippen molar-refractivity contribution in [2.45, 2.75) is 38.8 Å². The van der Waals surface area contributed by atoms with Gasteiger partial charge >= 0.3 is 0 Å². The van der Waals surface area contributed by atoms with E-state index < -0.39 is 6.04 Å². The van der Waals surface area contributed by atoms with E-state index in [0.29, 0.717) is 17.7 Å². The predicted molar refractivity (Wildman–Crippen MR) is 76.6 cm³/mol. The van der Waals surface area contributed by atoms with Crippen LogP contribution in [0.4, 0.5) is 0 Å². The maximum atomic E-state index is 12.0. The van der Waals surface area contributed by atoms with Crippen molar-refractivity contribution < 1.29 is 14.4 Å². The van der Waals surface area contributed by atoms with E-state index in [1.54, 1.807) is 26.0 Å². The van der Waals surface area contributed by atoms with E-state index in [0.717, 1.165) is 0 Å². The van der Waals surface area contributed by atoms with E-state index in [2.05, 4.69) is 10.6 Å². The lowest BCUT2D eigenvalue weighted by atomic mass is 10.1. The molecule has 1 aromatic rings. The van der Waals surface area contributed by atoms with E-state index in [9.17, 15) is 14.4 Å². The number of nitrogens with one attached hydrogen (secondary N) is 2. The molecular weight excluding hydrogens is 276 g/mol. The van der Waals surface area contributed by atoms with Gasteiger partial charge in [-0.1, -0.05) is 19.9 Å². The first-order valence-electron chi connectivity index (χ1n) is 6.66. The fourth-order valence-electron chi connectivity index (χ4n) is 2.15. The largest absolute Gasteiger partial charge is 0.346 e. The van der Waals surface area contributed by atoms with Crippen molar-refractivity contribution in [1.82, 2.24) is 10.6 Å². The van der Waals surface area contributed by atoms with Crippen LogP contribution in [0.1, 0.15) is 36.4 Å². The van der Waals surface area contributed by atoms with E-state index in [1.807, 2.05) is 5.38 Å². The van der Waals surface area contributed by atoms with Gasteiger partial charge in [0.15, 0.2) is 5.78 Å². The number of hydrogen-bond acceptors (Lipinski definition) is 4. The maximum Gasteiger partial charge on any atom is 0.261 e. The Bertz CT molecular complexity index is 510. The van der Waals surface area contributed by atoms with Crippen molar-refractivity contribution in [3.63, 3.8) is 0 Å². The van der Waals surface area contributed by atoms with Crippen molar-refractivity contribution in [2.75, 3.05) is 0 Å². The molecule has 1 fully saturated rings. The molecule has 1 saturated carbocycles. The summed E-state index contributed by atoms with van der Waals surface area (Å²) in [5, 5.41) is 7.40. The van der Waals surface area contributed by atoms with Gasteiger partial charge in [0.05, 0.1) is 10.9 Å². The van der Waals surface area contributed by atoms with E-state index in [1.165, 1.54) is 11.3 Å². The predicted octanol–water partition coefficient (Wildman–Crippen LogP) is 1.35. The normalized spacial score (nSPS) is 22.1. The zero-order chi connectivity index (χ0) is 14.7. The van der Waals surface area contributed by atoms with Crippen LogP contribution < -0.4 is 10.6 Å². The molecule has 1 unspecified atom stereocenters. The second kappa shape index (κ2) is 6.17. The van der Waals surface area contributed by atoms with Crippen LogP contribution in [0.15, 0.2) is 17.5 Å². The lowest BCUT2D eigenvalue weighted by Crippen LogP contribution is -2.52. The summed E-state index contributed by atoms with van der Waals surface area (Å²) in [4.78, 5) is 36.2. The summed E-state index contributed by atoms with van der Waals surface area (Å²) in [6.45, 7) is 3.54. The zero-order valence-electron chi connectivity index (χ0n) is 11.5. The first kappa shape index (κ1) is 14.7. The van der Waals surface area contributed by atoms with Crippen LogP contribution in [0.5, 0.6) is 0 Å². The highest BCUT2D eigenvalue weighted by Crippen LogP contribution is 2.18. The molecule has 0 radical (unpaired) electrons. The topological polar surface area (TPSA) is 75.3 Å². The third-order valence-corrected chi connectivity index (χ3v) is 4.20. The molecule has 6 heteroatoms. The Balaban J connectivity index is 2.01. The molecule has 2 N–H and O–H groups in total. The summed E-state index contributed by atoms with van der Waals surface area (Å²) < 4.78 is 0. The van der Waals surface area contributed by atoms with Gasteiger partial charge in [0.1, 0.15) is 6.04 Å². The first-order valence-corrected chi connectivity index (χ1v) is 7.54. The summed E-state index contributed by atoms with van der Waals surface area (Å²) in [6.07, 6.45) is 0.956. The second-order valence-electron chi connectivity index (χ2n) is 5.20. The number of Topliss-reactive ketones (excluding diaryl/α,β-unsaturated/α-hetero) is 1. The van der Waals surface area contributed by atoms with Crippen LogP contribution in [0.25, 0.3) is 0 Å². The van der Waals surface area contributed by atoms with Crippen molar-refractivity contribution in [3.05, 3.63) is 22.4 Å². The van der Waals surface area contributed by atoms with Crippen molar-refractivity contribution in [1.29, 1.82) is 0 Å². The van der Waals surface area contributed by atoms with E-state index >= 15 is 0 Å². The van der Waals surface area contributed by atoms with Gasteiger partial charge in [-0.15, -0.1) is 11.3 Å². The molecule has 2 atom stereocenters. The fraction of sp³-hybridized carbons (Fsp3) is 0.500. The number of hydrogen-bond donors (Lipinski definition) is 2. The molecular formula is C14H18N2O3S. The molecule has 1 heterocycles. The van der Waals surface area contributed by atoms with Gasteiger partial charge in [0.25, 0.3) is 5.91 Å². The third-order valence-electron chi connectivity index (χ3n) is 3.33. The van der Waals surface area contributed by atoms with Gasteiger partial charge in [-0.25, -0.2) is 0 Å². The SMILES string of the molecule is CC(C)C(=O)N[C@@H]1C(=O)CCC1NC(=O)c1cccs1. The quantitative estimate of drug-likeness (QED) is 0.880. The van der Waals surface area contributed by atoms with Gasteiger partial charge < -0.3 is 10.6 Å². The Kier molecular flexibility index (Phi) is 4.54. The molecule has 1 aliphatic rings. The maximum absolute atomic E-state index is 12.0. The summed E-state index contributed by atoms with van der Waals surface area (Å²) in [5.74, 6) is -0.559. The van der Waals surface area contributed by atoms with E-state index in [-0.39, 0.29) is 29.6 Å². The average Bonchev–Trinajstić information content (AvgIpc) is 3.03. The highest BCUT2D eigenvalue weighted by atomic mass is 32.1. The van der Waals surface area contributed by atoms with E-state index in [4.69, 9.17) is 0 Å². The highest BCUT2D eigenvalue weighted by molar-refractivity contribution is 7.12. The minimum absolute atomic E-state index is 0.0181. The number of amides is 2. The van der Waals surface area contributed by atoms with Crippen LogP contribution in [0, 0.1) is 5.92 Å². The monoisotopic (exact) mass is 294 g/mol. The number of ketones is 1. The molecule has 0 spiro atoms. The Morgan fingerprint density at radius 2 is 2.10 bits per heavy atom. The number of carbonyl (C=O) groups excluding carboxylic acids is 3. The number of carbonyl (C=O) groups is 3. The first-order chi connectivity index (χ1) is 9.49. The molecule has 1 aromatic heterocycles. The minimum atomic E-state index is -0.603. The molecule has 2 amide bonds. The van der Waals surface area contributed by atoms with Crippen LogP contribution in [-0.4, -0.2) is 29.7 Å². The third kappa shape index (κ3) is 3.25. The van der Waals surface area contributed by atoms with Gasteiger partial charge in [0.2, 0.25) is 5.91 Å². The van der Waals surface area contributed by atoms with Crippen LogP contribution in [0.2, 0.25) is 0 Å². The summed E-state index contributed by atoms with van der Waals surface area (Å²) in [5.41, 5.74) is 0. The molecule has 20 heavy (non-hydrogen) atoms. The lowest BCUT2D eigenvalue weighted by Gasteiger charge is -2.21. The van der Waals surface area contributed by atoms with Crippen LogP contribution in [0.3, 0.4) is 0 Å². The molecule has 0 saturated heterocycles. The number of rotatable bonds is 4. The van der Waals surface area contributed by atoms with Crippen molar-refractivity contribution >= 4 is 28.9 Å². The van der Waals surface area contributed by atoms with Gasteiger partial charge in [0, 0.05) is 12.3 Å². The molecule has 1 aliphatic carbocycles. The highest BCUT2D eigenvalue weighted by Gasteiger charge is 2.37. The minimum Gasteiger partial charge on any atom is -0.346 e. The Hall–Kier alpha value is -1.69. The summed E-state index contributed by atoms with van der Waals surface area (Å²) in [7, 11) is 0. The standard InChI is InChI=1S/C14H18N2O3S/c1-8(2)13(18)16-12-9(5-6-10(12)17)15-14(19)11-4-3-7-20-11/h3-4,7-9,12H,5-6H2,1-2H3,(H,15,19)(H,16,18)/t9?,12-/m0/s1. The van der Waals surface area contributed by atoms with Gasteiger partial charge in [-0.05, 0) is 17.9 Å². The van der Waals surface area contributed by atoms with Crippen molar-refractivity contribution in [3.8, 4) is 0 Å². The molecule has 0 aliphatic heterocycles. The Morgan fingerprint density at radius 3 is 2.70 bits per heavy atom. The second-order valence-corrected chi connectivity index (χ2v) is 6.15. The fourth-order valence-corrected chi connectivity index (χ4v) is 2.77. The Morgan fingerprint density at radius 1 is 1.35 bits per heavy atom. The zero-order valence-corrected chi connectivity index (χ0v) is 12.3. The van der Waals surface area contributed by atoms with Crippen molar-refractivity contribution in [2.24, 2.45) is 5.92 Å². The Labute approximate surface area is 121 Å².